The van der Waals surface area contributed by atoms with Crippen LogP contribution in [0.15, 0.2) is 72.6 Å². The molecule has 0 spiro atoms. The van der Waals surface area contributed by atoms with Gasteiger partial charge in [-0.3, -0.25) is 9.80 Å². The molecule has 0 atom stereocenters. The third-order valence-corrected chi connectivity index (χ3v) is 5.35. The van der Waals surface area contributed by atoms with Crippen molar-refractivity contribution < 1.29 is 4.79 Å². The number of carbonyl (C=O) groups is 1. The number of nitrogens with zero attached hydrogens (tertiary/aromatic N) is 1. The molecule has 142 valence electrons. The molecule has 1 saturated carbocycles. The third kappa shape index (κ3) is 4.89. The number of rotatable bonds is 6. The summed E-state index contributed by atoms with van der Waals surface area (Å²) in [6, 6.07) is 20.0. The van der Waals surface area contributed by atoms with Gasteiger partial charge in [0.25, 0.3) is 5.91 Å². The van der Waals surface area contributed by atoms with Gasteiger partial charge >= 0.3 is 0 Å². The van der Waals surface area contributed by atoms with E-state index in [0.29, 0.717) is 24.1 Å². The molecule has 5 N–H and O–H groups in total. The summed E-state index contributed by atoms with van der Waals surface area (Å²) in [4.78, 5) is 12.5. The first-order valence-electron chi connectivity index (χ1n) is 9.54. The summed E-state index contributed by atoms with van der Waals surface area (Å²) in [5.74, 6) is 6.96. The van der Waals surface area contributed by atoms with Gasteiger partial charge < -0.3 is 11.1 Å². The quantitative estimate of drug-likeness (QED) is 0.417. The van der Waals surface area contributed by atoms with Crippen LogP contribution in [0.2, 0.25) is 0 Å². The van der Waals surface area contributed by atoms with Gasteiger partial charge in [-0.15, -0.1) is 0 Å². The number of hydrogen-bond acceptors (Lipinski definition) is 4. The van der Waals surface area contributed by atoms with E-state index in [1.165, 1.54) is 16.8 Å². The van der Waals surface area contributed by atoms with Crippen molar-refractivity contribution in [3.63, 3.8) is 0 Å². The Balaban J connectivity index is 1.49. The number of hydrazine groups is 1. The predicted molar refractivity (Wildman–Crippen MR) is 110 cm³/mol. The Morgan fingerprint density at radius 2 is 1.59 bits per heavy atom. The summed E-state index contributed by atoms with van der Waals surface area (Å²) < 4.78 is 0. The molecule has 0 heterocycles. The molecule has 1 aliphatic carbocycles. The first kappa shape index (κ1) is 19.0. The van der Waals surface area contributed by atoms with Crippen LogP contribution in [0, 0.1) is 5.92 Å². The molecule has 0 unspecified atom stereocenters. The molecule has 5 nitrogen and oxygen atoms in total. The summed E-state index contributed by atoms with van der Waals surface area (Å²) in [7, 11) is 0. The standard InChI is InChI=1S/C22H28N4O/c23-15-21(26(24)20-9-5-2-6-10-20)22(27)25-16-17-11-13-19(14-12-17)18-7-3-1-4-8-18/h1-10,15,17,19H,11-14,16,23-24H2,(H,25,27)/b21-15-. The summed E-state index contributed by atoms with van der Waals surface area (Å²) in [5, 5.41) is 4.32. The Bertz CT molecular complexity index is 752. The van der Waals surface area contributed by atoms with Crippen LogP contribution in [0.4, 0.5) is 5.69 Å². The maximum absolute atomic E-state index is 12.5. The fourth-order valence-electron chi connectivity index (χ4n) is 3.75. The highest BCUT2D eigenvalue weighted by molar-refractivity contribution is 5.96. The highest BCUT2D eigenvalue weighted by atomic mass is 16.2. The Labute approximate surface area is 161 Å². The van der Waals surface area contributed by atoms with E-state index in [0.717, 1.165) is 25.7 Å². The highest BCUT2D eigenvalue weighted by Crippen LogP contribution is 2.35. The molecule has 1 amide bonds. The van der Waals surface area contributed by atoms with Gasteiger partial charge in [-0.25, -0.2) is 5.84 Å². The summed E-state index contributed by atoms with van der Waals surface area (Å²) >= 11 is 0. The van der Waals surface area contributed by atoms with Crippen LogP contribution >= 0.6 is 0 Å². The first-order chi connectivity index (χ1) is 13.2. The second-order valence-corrected chi connectivity index (χ2v) is 7.10. The largest absolute Gasteiger partial charge is 0.403 e. The maximum atomic E-state index is 12.5. The molecule has 0 saturated heterocycles. The molecule has 0 bridgehead atoms. The molecular formula is C22H28N4O. The Hall–Kier alpha value is -2.79. The van der Waals surface area contributed by atoms with E-state index in [-0.39, 0.29) is 11.6 Å². The molecule has 0 radical (unpaired) electrons. The number of benzene rings is 2. The molecule has 1 aliphatic rings. The second kappa shape index (κ2) is 9.24. The van der Waals surface area contributed by atoms with Gasteiger partial charge in [0.2, 0.25) is 0 Å². The molecule has 27 heavy (non-hydrogen) atoms. The van der Waals surface area contributed by atoms with Crippen molar-refractivity contribution in [2.75, 3.05) is 11.6 Å². The summed E-state index contributed by atoms with van der Waals surface area (Å²) in [5.41, 5.74) is 8.05. The van der Waals surface area contributed by atoms with E-state index in [2.05, 4.69) is 35.6 Å². The Kier molecular flexibility index (Phi) is 6.49. The monoisotopic (exact) mass is 364 g/mol. The van der Waals surface area contributed by atoms with E-state index in [1.54, 1.807) is 0 Å². The molecule has 0 aromatic heterocycles. The van der Waals surface area contributed by atoms with Crippen LogP contribution in [-0.2, 0) is 4.79 Å². The van der Waals surface area contributed by atoms with E-state index >= 15 is 0 Å². The van der Waals surface area contributed by atoms with Crippen molar-refractivity contribution in [3.05, 3.63) is 78.1 Å². The number of carbonyl (C=O) groups excluding carboxylic acids is 1. The smallest absolute Gasteiger partial charge is 0.270 e. The third-order valence-electron chi connectivity index (χ3n) is 5.35. The summed E-state index contributed by atoms with van der Waals surface area (Å²) in [6.07, 6.45) is 5.82. The SMILES string of the molecule is N/C=C(/C(=O)NCC1CCC(c2ccccc2)CC1)N(N)c1ccccc1. The van der Waals surface area contributed by atoms with E-state index in [1.807, 2.05) is 30.3 Å². The van der Waals surface area contributed by atoms with Crippen molar-refractivity contribution in [1.29, 1.82) is 0 Å². The van der Waals surface area contributed by atoms with Crippen molar-refractivity contribution in [3.8, 4) is 0 Å². The molecule has 1 fully saturated rings. The van der Waals surface area contributed by atoms with Gasteiger partial charge in [-0.2, -0.15) is 0 Å². The van der Waals surface area contributed by atoms with Crippen LogP contribution in [0.3, 0.4) is 0 Å². The number of nitrogens with two attached hydrogens (primary N) is 2. The molecule has 2 aromatic carbocycles. The predicted octanol–water partition coefficient (Wildman–Crippen LogP) is 3.26. The zero-order valence-electron chi connectivity index (χ0n) is 15.6. The Morgan fingerprint density at radius 1 is 1.00 bits per heavy atom. The number of para-hydroxylation sites is 1. The van der Waals surface area contributed by atoms with Gasteiger partial charge in [0, 0.05) is 12.7 Å². The van der Waals surface area contributed by atoms with Gasteiger partial charge in [-0.1, -0.05) is 48.5 Å². The van der Waals surface area contributed by atoms with Gasteiger partial charge in [0.1, 0.15) is 5.70 Å². The normalized spacial score (nSPS) is 20.1. The van der Waals surface area contributed by atoms with Crippen molar-refractivity contribution in [2.24, 2.45) is 17.5 Å². The zero-order valence-corrected chi connectivity index (χ0v) is 15.6. The minimum atomic E-state index is -0.242. The number of nitrogens with one attached hydrogen (secondary N) is 1. The average Bonchev–Trinajstić information content (AvgIpc) is 2.74. The Morgan fingerprint density at radius 3 is 2.19 bits per heavy atom. The minimum Gasteiger partial charge on any atom is -0.403 e. The van der Waals surface area contributed by atoms with Crippen LogP contribution in [0.5, 0.6) is 0 Å². The number of amides is 1. The van der Waals surface area contributed by atoms with Crippen molar-refractivity contribution in [2.45, 2.75) is 31.6 Å². The number of hydrogen-bond donors (Lipinski definition) is 3. The second-order valence-electron chi connectivity index (χ2n) is 7.10. The van der Waals surface area contributed by atoms with Crippen LogP contribution < -0.4 is 21.9 Å². The van der Waals surface area contributed by atoms with Crippen LogP contribution in [-0.4, -0.2) is 12.5 Å². The lowest BCUT2D eigenvalue weighted by atomic mass is 9.79. The lowest BCUT2D eigenvalue weighted by molar-refractivity contribution is -0.117. The fourth-order valence-corrected chi connectivity index (χ4v) is 3.75. The van der Waals surface area contributed by atoms with E-state index < -0.39 is 0 Å². The van der Waals surface area contributed by atoms with Gasteiger partial charge in [0.05, 0.1) is 5.69 Å². The molecule has 0 aliphatic heterocycles. The summed E-state index contributed by atoms with van der Waals surface area (Å²) in [6.45, 7) is 0.653. The topological polar surface area (TPSA) is 84.4 Å². The van der Waals surface area contributed by atoms with E-state index in [4.69, 9.17) is 11.6 Å². The lowest BCUT2D eigenvalue weighted by Gasteiger charge is -2.29. The molecule has 2 aromatic rings. The molecular weight excluding hydrogens is 336 g/mol. The van der Waals surface area contributed by atoms with Gasteiger partial charge in [-0.05, 0) is 55.2 Å². The number of anilines is 1. The van der Waals surface area contributed by atoms with Crippen molar-refractivity contribution >= 4 is 11.6 Å². The molecule has 3 rings (SSSR count). The van der Waals surface area contributed by atoms with Crippen molar-refractivity contribution in [1.82, 2.24) is 5.32 Å². The zero-order chi connectivity index (χ0) is 19.1. The van der Waals surface area contributed by atoms with E-state index in [9.17, 15) is 4.79 Å². The van der Waals surface area contributed by atoms with Crippen LogP contribution in [0.25, 0.3) is 0 Å². The molecule has 5 heteroatoms. The minimum absolute atomic E-state index is 0.242. The van der Waals surface area contributed by atoms with Gasteiger partial charge in [0.15, 0.2) is 0 Å². The first-order valence-corrected chi connectivity index (χ1v) is 9.54. The average molecular weight is 364 g/mol. The maximum Gasteiger partial charge on any atom is 0.270 e. The lowest BCUT2D eigenvalue weighted by Crippen LogP contribution is -2.41. The van der Waals surface area contributed by atoms with Crippen LogP contribution in [0.1, 0.15) is 37.2 Å². The fraction of sp³-hybridized carbons (Fsp3) is 0.318. The highest BCUT2D eigenvalue weighted by Gasteiger charge is 2.23.